The minimum Gasteiger partial charge on any atom is -0.467 e. The molecule has 3 heterocycles. The van der Waals surface area contributed by atoms with Crippen molar-refractivity contribution in [2.75, 3.05) is 25.0 Å². The zero-order valence-electron chi connectivity index (χ0n) is 18.3. The van der Waals surface area contributed by atoms with Gasteiger partial charge in [0.05, 0.1) is 29.0 Å². The molecule has 0 saturated carbocycles. The number of nitrogens with zero attached hydrogens (tertiary/aromatic N) is 2. The van der Waals surface area contributed by atoms with Crippen molar-refractivity contribution in [2.45, 2.75) is 31.9 Å². The lowest BCUT2D eigenvalue weighted by Crippen LogP contribution is -2.37. The number of carbonyl (C=O) groups excluding carboxylic acids is 2. The molecule has 1 atom stereocenters. The molecule has 0 bridgehead atoms. The first kappa shape index (κ1) is 24.5. The van der Waals surface area contributed by atoms with Crippen molar-refractivity contribution in [2.24, 2.45) is 0 Å². The molecule has 3 aromatic rings. The Morgan fingerprint density at radius 2 is 2.12 bits per heavy atom. The fourth-order valence-corrected chi connectivity index (χ4v) is 4.49. The molecule has 1 fully saturated rings. The molecule has 1 aliphatic heterocycles. The Morgan fingerprint density at radius 1 is 1.24 bits per heavy atom. The number of aromatic nitrogens is 1. The van der Waals surface area contributed by atoms with Gasteiger partial charge in [-0.2, -0.15) is 0 Å². The quantitative estimate of drug-likeness (QED) is 0.383. The Hall–Kier alpha value is -2.59. The number of nitrogens with one attached hydrogen (secondary N) is 2. The molecule has 11 heteroatoms. The van der Waals surface area contributed by atoms with Gasteiger partial charge in [0.25, 0.3) is 5.91 Å². The van der Waals surface area contributed by atoms with E-state index in [4.69, 9.17) is 32.4 Å². The molecule has 180 valence electrons. The predicted molar refractivity (Wildman–Crippen MR) is 132 cm³/mol. The Balaban J connectivity index is 1.38. The van der Waals surface area contributed by atoms with Gasteiger partial charge in [-0.25, -0.2) is 4.98 Å². The third-order valence-corrected chi connectivity index (χ3v) is 6.76. The first-order valence-electron chi connectivity index (χ1n) is 10.9. The van der Waals surface area contributed by atoms with Gasteiger partial charge in [-0.15, -0.1) is 11.3 Å². The standard InChI is InChI=1S/C23H24Cl2N4O4S/c24-18-6-5-15(11-19(18)25)27-23-28-20(14-34-23)22(31)29(13-17-4-2-10-33-17)8-7-21(30)26-12-16-3-1-9-32-16/h2,4-6,10-11,14,16H,1,3,7-9,12-13H2,(H,26,30)(H,27,28). The molecule has 1 unspecified atom stereocenters. The Bertz CT molecular complexity index is 1120. The number of halogens is 2. The van der Waals surface area contributed by atoms with E-state index in [1.54, 1.807) is 46.9 Å². The van der Waals surface area contributed by atoms with Crippen molar-refractivity contribution < 1.29 is 18.7 Å². The highest BCUT2D eigenvalue weighted by Gasteiger charge is 2.22. The van der Waals surface area contributed by atoms with E-state index in [2.05, 4.69) is 15.6 Å². The van der Waals surface area contributed by atoms with Crippen molar-refractivity contribution >= 4 is 57.2 Å². The van der Waals surface area contributed by atoms with E-state index in [0.717, 1.165) is 19.4 Å². The van der Waals surface area contributed by atoms with E-state index < -0.39 is 0 Å². The minimum atomic E-state index is -0.290. The van der Waals surface area contributed by atoms with Crippen molar-refractivity contribution in [1.29, 1.82) is 0 Å². The van der Waals surface area contributed by atoms with Crippen LogP contribution in [0, 0.1) is 0 Å². The number of amides is 2. The van der Waals surface area contributed by atoms with E-state index >= 15 is 0 Å². The Kier molecular flexibility index (Phi) is 8.44. The van der Waals surface area contributed by atoms with E-state index in [9.17, 15) is 9.59 Å². The molecule has 34 heavy (non-hydrogen) atoms. The largest absolute Gasteiger partial charge is 0.467 e. The average molecular weight is 523 g/mol. The lowest BCUT2D eigenvalue weighted by Gasteiger charge is -2.21. The summed E-state index contributed by atoms with van der Waals surface area (Å²) in [6.07, 6.45) is 3.75. The summed E-state index contributed by atoms with van der Waals surface area (Å²) < 4.78 is 10.9. The van der Waals surface area contributed by atoms with Crippen LogP contribution in [0.15, 0.2) is 46.4 Å². The van der Waals surface area contributed by atoms with Gasteiger partial charge in [-0.1, -0.05) is 23.2 Å². The Morgan fingerprint density at radius 3 is 2.85 bits per heavy atom. The number of benzene rings is 1. The topological polar surface area (TPSA) is 96.7 Å². The number of anilines is 2. The van der Waals surface area contributed by atoms with Gasteiger partial charge >= 0.3 is 0 Å². The number of rotatable bonds is 10. The van der Waals surface area contributed by atoms with Gasteiger partial charge < -0.3 is 24.7 Å². The molecular weight excluding hydrogens is 499 g/mol. The molecule has 4 rings (SSSR count). The van der Waals surface area contributed by atoms with Gasteiger partial charge in [0.1, 0.15) is 11.5 Å². The summed E-state index contributed by atoms with van der Waals surface area (Å²) >= 11 is 13.3. The fraction of sp³-hybridized carbons (Fsp3) is 0.348. The van der Waals surface area contributed by atoms with Crippen molar-refractivity contribution in [3.63, 3.8) is 0 Å². The summed E-state index contributed by atoms with van der Waals surface area (Å²) in [4.78, 5) is 31.6. The van der Waals surface area contributed by atoms with E-state index in [1.165, 1.54) is 11.3 Å². The van der Waals surface area contributed by atoms with Crippen LogP contribution in [0.25, 0.3) is 0 Å². The van der Waals surface area contributed by atoms with Gasteiger partial charge in [0, 0.05) is 37.2 Å². The lowest BCUT2D eigenvalue weighted by atomic mass is 10.2. The first-order chi connectivity index (χ1) is 16.5. The highest BCUT2D eigenvalue weighted by molar-refractivity contribution is 7.14. The van der Waals surface area contributed by atoms with Gasteiger partial charge in [0.2, 0.25) is 5.91 Å². The molecule has 8 nitrogen and oxygen atoms in total. The van der Waals surface area contributed by atoms with Crippen molar-refractivity contribution in [3.8, 4) is 0 Å². The molecule has 1 aliphatic rings. The summed E-state index contributed by atoms with van der Waals surface area (Å²) in [5.41, 5.74) is 0.983. The maximum absolute atomic E-state index is 13.2. The van der Waals surface area contributed by atoms with Crippen LogP contribution in [0.1, 0.15) is 35.5 Å². The fourth-order valence-electron chi connectivity index (χ4n) is 3.49. The smallest absolute Gasteiger partial charge is 0.273 e. The second-order valence-corrected chi connectivity index (χ2v) is 9.46. The third kappa shape index (κ3) is 6.73. The number of carbonyl (C=O) groups is 2. The molecule has 1 aromatic carbocycles. The van der Waals surface area contributed by atoms with E-state index in [1.807, 2.05) is 0 Å². The summed E-state index contributed by atoms with van der Waals surface area (Å²) in [6.45, 7) is 1.68. The normalized spacial score (nSPS) is 15.3. The maximum atomic E-state index is 13.2. The molecular formula is C23H24Cl2N4O4S. The highest BCUT2D eigenvalue weighted by atomic mass is 35.5. The molecule has 0 spiro atoms. The van der Waals surface area contributed by atoms with Crippen molar-refractivity contribution in [3.05, 3.63) is 63.5 Å². The second kappa shape index (κ2) is 11.7. The second-order valence-electron chi connectivity index (χ2n) is 7.79. The Labute approximate surface area is 211 Å². The number of furan rings is 1. The molecule has 2 amide bonds. The summed E-state index contributed by atoms with van der Waals surface area (Å²) in [7, 11) is 0. The number of ether oxygens (including phenoxy) is 1. The van der Waals surface area contributed by atoms with Crippen LogP contribution >= 0.6 is 34.5 Å². The number of hydrogen-bond donors (Lipinski definition) is 2. The predicted octanol–water partition coefficient (Wildman–Crippen LogP) is 5.11. The van der Waals surface area contributed by atoms with E-state index in [-0.39, 0.29) is 43.1 Å². The van der Waals surface area contributed by atoms with Gasteiger partial charge in [-0.3, -0.25) is 9.59 Å². The molecule has 0 aliphatic carbocycles. The van der Waals surface area contributed by atoms with Crippen LogP contribution in [-0.4, -0.2) is 47.5 Å². The SMILES string of the molecule is O=C(CCN(Cc1ccco1)C(=O)c1csc(Nc2ccc(Cl)c(Cl)c2)n1)NCC1CCCO1. The number of thiazole rings is 1. The zero-order valence-corrected chi connectivity index (χ0v) is 20.6. The third-order valence-electron chi connectivity index (χ3n) is 5.27. The molecule has 1 saturated heterocycles. The molecule has 0 radical (unpaired) electrons. The van der Waals surface area contributed by atoms with Gasteiger partial charge in [-0.05, 0) is 43.2 Å². The molecule has 2 N–H and O–H groups in total. The first-order valence-corrected chi connectivity index (χ1v) is 12.5. The van der Waals surface area contributed by atoms with Gasteiger partial charge in [0.15, 0.2) is 5.13 Å². The highest BCUT2D eigenvalue weighted by Crippen LogP contribution is 2.28. The van der Waals surface area contributed by atoms with Crippen LogP contribution in [-0.2, 0) is 16.1 Å². The molecule has 2 aromatic heterocycles. The van der Waals surface area contributed by atoms with E-state index in [0.29, 0.717) is 33.2 Å². The van der Waals surface area contributed by atoms with Crippen molar-refractivity contribution in [1.82, 2.24) is 15.2 Å². The summed E-state index contributed by atoms with van der Waals surface area (Å²) in [5, 5.41) is 9.10. The summed E-state index contributed by atoms with van der Waals surface area (Å²) in [5.74, 6) is 0.201. The average Bonchev–Trinajstić information content (AvgIpc) is 3.60. The number of hydrogen-bond acceptors (Lipinski definition) is 7. The maximum Gasteiger partial charge on any atom is 0.273 e. The van der Waals surface area contributed by atoms with Crippen LogP contribution in [0.2, 0.25) is 10.0 Å². The zero-order chi connectivity index (χ0) is 23.9. The van der Waals surface area contributed by atoms with Crippen LogP contribution in [0.5, 0.6) is 0 Å². The monoisotopic (exact) mass is 522 g/mol. The lowest BCUT2D eigenvalue weighted by molar-refractivity contribution is -0.121. The van der Waals surface area contributed by atoms with Crippen LogP contribution in [0.4, 0.5) is 10.8 Å². The van der Waals surface area contributed by atoms with Crippen LogP contribution in [0.3, 0.4) is 0 Å². The minimum absolute atomic E-state index is 0.0706. The van der Waals surface area contributed by atoms with Crippen LogP contribution < -0.4 is 10.6 Å². The summed E-state index contributed by atoms with van der Waals surface area (Å²) in [6, 6.07) is 8.69.